The van der Waals surface area contributed by atoms with Gasteiger partial charge in [0.05, 0.1) is 0 Å². The summed E-state index contributed by atoms with van der Waals surface area (Å²) in [5.74, 6) is 1.52. The molecule has 2 fully saturated rings. The lowest BCUT2D eigenvalue weighted by Crippen LogP contribution is -2.41. The van der Waals surface area contributed by atoms with Crippen LogP contribution in [0.25, 0.3) is 0 Å². The monoisotopic (exact) mass is 393 g/mol. The maximum atomic E-state index is 6.15. The molecule has 6 heteroatoms. The van der Waals surface area contributed by atoms with Gasteiger partial charge in [-0.2, -0.15) is 0 Å². The van der Waals surface area contributed by atoms with E-state index in [9.17, 15) is 0 Å². The van der Waals surface area contributed by atoms with Crippen LogP contribution in [0.5, 0.6) is 0 Å². The van der Waals surface area contributed by atoms with E-state index in [4.69, 9.17) is 21.1 Å². The Morgan fingerprint density at radius 1 is 1.30 bits per heavy atom. The van der Waals surface area contributed by atoms with Gasteiger partial charge in [-0.05, 0) is 55.7 Å². The van der Waals surface area contributed by atoms with Crippen LogP contribution in [0, 0.1) is 5.92 Å². The van der Waals surface area contributed by atoms with Crippen LogP contribution in [0.15, 0.2) is 29.3 Å². The summed E-state index contributed by atoms with van der Waals surface area (Å²) in [4.78, 5) is 4.34. The molecule has 0 unspecified atom stereocenters. The summed E-state index contributed by atoms with van der Waals surface area (Å²) in [6.07, 6.45) is 5.62. The first kappa shape index (κ1) is 20.4. The van der Waals surface area contributed by atoms with E-state index in [0.717, 1.165) is 69.8 Å². The Morgan fingerprint density at radius 2 is 2.11 bits per heavy atom. The molecular weight excluding hydrogens is 362 g/mol. The number of halogens is 1. The Bertz CT molecular complexity index is 613. The molecule has 27 heavy (non-hydrogen) atoms. The van der Waals surface area contributed by atoms with Crippen LogP contribution in [-0.2, 0) is 14.9 Å². The van der Waals surface area contributed by atoms with Gasteiger partial charge in [0.2, 0.25) is 0 Å². The number of hydrogen-bond acceptors (Lipinski definition) is 3. The Morgan fingerprint density at radius 3 is 2.81 bits per heavy atom. The summed E-state index contributed by atoms with van der Waals surface area (Å²) < 4.78 is 11.2. The van der Waals surface area contributed by atoms with E-state index in [1.165, 1.54) is 18.4 Å². The first-order valence-corrected chi connectivity index (χ1v) is 10.5. The first-order chi connectivity index (χ1) is 13.2. The van der Waals surface area contributed by atoms with Crippen molar-refractivity contribution in [1.29, 1.82) is 0 Å². The highest BCUT2D eigenvalue weighted by Crippen LogP contribution is 2.48. The van der Waals surface area contributed by atoms with Crippen LogP contribution in [0.3, 0.4) is 0 Å². The first-order valence-electron chi connectivity index (χ1n) is 10.1. The number of ether oxygens (including phenoxy) is 2. The summed E-state index contributed by atoms with van der Waals surface area (Å²) in [6.45, 7) is 5.15. The quantitative estimate of drug-likeness (QED) is 0.383. The van der Waals surface area contributed by atoms with E-state index in [0.29, 0.717) is 5.92 Å². The second kappa shape index (κ2) is 10.3. The molecule has 0 spiro atoms. The van der Waals surface area contributed by atoms with E-state index < -0.39 is 0 Å². The van der Waals surface area contributed by atoms with Gasteiger partial charge in [-0.1, -0.05) is 23.7 Å². The van der Waals surface area contributed by atoms with Crippen molar-refractivity contribution in [2.75, 3.05) is 46.6 Å². The molecule has 1 aliphatic heterocycles. The van der Waals surface area contributed by atoms with Crippen molar-refractivity contribution in [2.45, 2.75) is 37.5 Å². The Labute approximate surface area is 167 Å². The van der Waals surface area contributed by atoms with E-state index in [1.54, 1.807) is 0 Å². The zero-order valence-electron chi connectivity index (χ0n) is 16.3. The molecule has 150 valence electrons. The smallest absolute Gasteiger partial charge is 0.191 e. The summed E-state index contributed by atoms with van der Waals surface area (Å²) in [5.41, 5.74) is 1.52. The molecule has 1 aromatic carbocycles. The zero-order chi connectivity index (χ0) is 19.0. The highest BCUT2D eigenvalue weighted by atomic mass is 35.5. The third-order valence-corrected chi connectivity index (χ3v) is 5.80. The summed E-state index contributed by atoms with van der Waals surface area (Å²) in [5, 5.41) is 7.67. The van der Waals surface area contributed by atoms with Crippen LogP contribution in [-0.4, -0.2) is 52.5 Å². The van der Waals surface area contributed by atoms with Gasteiger partial charge >= 0.3 is 0 Å². The third-order valence-electron chi connectivity index (χ3n) is 5.56. The van der Waals surface area contributed by atoms with Crippen molar-refractivity contribution in [3.05, 3.63) is 34.9 Å². The molecule has 3 rings (SSSR count). The number of aliphatic imine (C=N–C) groups is 1. The van der Waals surface area contributed by atoms with Crippen LogP contribution in [0.1, 0.15) is 37.7 Å². The van der Waals surface area contributed by atoms with Crippen molar-refractivity contribution in [3.63, 3.8) is 0 Å². The molecule has 1 saturated heterocycles. The average molecular weight is 394 g/mol. The molecule has 1 aliphatic carbocycles. The summed E-state index contributed by atoms with van der Waals surface area (Å²) >= 11 is 6.15. The molecule has 5 nitrogen and oxygen atoms in total. The van der Waals surface area contributed by atoms with Crippen molar-refractivity contribution >= 4 is 17.6 Å². The van der Waals surface area contributed by atoms with Gasteiger partial charge in [0, 0.05) is 57.0 Å². The molecule has 0 bridgehead atoms. The number of nitrogens with one attached hydrogen (secondary N) is 2. The van der Waals surface area contributed by atoms with Crippen LogP contribution >= 0.6 is 11.6 Å². The lowest BCUT2D eigenvalue weighted by Gasteiger charge is -2.22. The largest absolute Gasteiger partial charge is 0.381 e. The van der Waals surface area contributed by atoms with E-state index in [2.05, 4.69) is 27.8 Å². The fourth-order valence-electron chi connectivity index (χ4n) is 3.55. The number of hydrogen-bond donors (Lipinski definition) is 2. The van der Waals surface area contributed by atoms with Gasteiger partial charge in [0.1, 0.15) is 0 Å². The molecule has 1 saturated carbocycles. The van der Waals surface area contributed by atoms with Crippen molar-refractivity contribution in [2.24, 2.45) is 10.9 Å². The van der Waals surface area contributed by atoms with E-state index >= 15 is 0 Å². The highest BCUT2D eigenvalue weighted by Gasteiger charge is 2.44. The molecule has 2 N–H and O–H groups in total. The minimum Gasteiger partial charge on any atom is -0.381 e. The van der Waals surface area contributed by atoms with Crippen LogP contribution in [0.4, 0.5) is 0 Å². The Kier molecular flexibility index (Phi) is 7.80. The molecule has 2 aliphatic rings. The second-order valence-corrected chi connectivity index (χ2v) is 8.06. The minimum atomic E-state index is 0.204. The van der Waals surface area contributed by atoms with Crippen molar-refractivity contribution < 1.29 is 9.47 Å². The molecule has 1 heterocycles. The van der Waals surface area contributed by atoms with Gasteiger partial charge in [-0.25, -0.2) is 0 Å². The molecule has 0 radical (unpaired) electrons. The molecule has 1 aromatic rings. The van der Waals surface area contributed by atoms with Gasteiger partial charge in [-0.3, -0.25) is 4.99 Å². The van der Waals surface area contributed by atoms with Gasteiger partial charge in [0.15, 0.2) is 5.96 Å². The SMILES string of the molecule is CN=C(NCCCOCC1CCOCC1)NCC1(c2cccc(Cl)c2)CC1. The number of benzene rings is 1. The van der Waals surface area contributed by atoms with Crippen LogP contribution < -0.4 is 10.6 Å². The second-order valence-electron chi connectivity index (χ2n) is 7.63. The minimum absolute atomic E-state index is 0.204. The Balaban J connectivity index is 1.30. The average Bonchev–Trinajstić information content (AvgIpc) is 3.49. The number of rotatable bonds is 9. The third kappa shape index (κ3) is 6.37. The number of guanidine groups is 1. The van der Waals surface area contributed by atoms with Gasteiger partial charge in [-0.15, -0.1) is 0 Å². The molecule has 0 atom stereocenters. The predicted octanol–water partition coefficient (Wildman–Crippen LogP) is 3.37. The maximum absolute atomic E-state index is 6.15. The summed E-state index contributed by atoms with van der Waals surface area (Å²) in [6, 6.07) is 8.22. The lowest BCUT2D eigenvalue weighted by molar-refractivity contribution is 0.0203. The summed E-state index contributed by atoms with van der Waals surface area (Å²) in [7, 11) is 1.82. The topological polar surface area (TPSA) is 54.9 Å². The number of nitrogens with zero attached hydrogens (tertiary/aromatic N) is 1. The molecular formula is C21H32ClN3O2. The van der Waals surface area contributed by atoms with Crippen molar-refractivity contribution in [3.8, 4) is 0 Å². The van der Waals surface area contributed by atoms with E-state index in [-0.39, 0.29) is 5.41 Å². The Hall–Kier alpha value is -1.30. The normalized spacial score (nSPS) is 19.7. The zero-order valence-corrected chi connectivity index (χ0v) is 17.1. The molecule has 0 amide bonds. The molecule has 0 aromatic heterocycles. The van der Waals surface area contributed by atoms with E-state index in [1.807, 2.05) is 19.2 Å². The van der Waals surface area contributed by atoms with Gasteiger partial charge < -0.3 is 20.1 Å². The fourth-order valence-corrected chi connectivity index (χ4v) is 3.74. The lowest BCUT2D eigenvalue weighted by atomic mass is 9.96. The van der Waals surface area contributed by atoms with Crippen molar-refractivity contribution in [1.82, 2.24) is 10.6 Å². The standard InChI is InChI=1S/C21H32ClN3O2/c1-23-20(24-10-3-11-27-15-17-6-12-26-13-7-17)25-16-21(8-9-21)18-4-2-5-19(22)14-18/h2,4-5,14,17H,3,6-13,15-16H2,1H3,(H2,23,24,25). The highest BCUT2D eigenvalue weighted by molar-refractivity contribution is 6.30. The van der Waals surface area contributed by atoms with Crippen LogP contribution in [0.2, 0.25) is 5.02 Å². The van der Waals surface area contributed by atoms with Gasteiger partial charge in [0.25, 0.3) is 0 Å². The predicted molar refractivity (Wildman–Crippen MR) is 111 cm³/mol. The fraction of sp³-hybridized carbons (Fsp3) is 0.667. The maximum Gasteiger partial charge on any atom is 0.191 e.